The Morgan fingerprint density at radius 2 is 1.74 bits per heavy atom. The Hall–Kier alpha value is -4.03. The molecule has 0 N–H and O–H groups in total. The van der Waals surface area contributed by atoms with Gasteiger partial charge in [-0.1, -0.05) is 6.07 Å². The first-order chi connectivity index (χ1) is 16.5. The molecule has 0 aromatic heterocycles. The maximum atomic E-state index is 12.6. The molecule has 2 aromatic rings. The van der Waals surface area contributed by atoms with Crippen molar-refractivity contribution in [1.29, 1.82) is 5.26 Å². The van der Waals surface area contributed by atoms with Crippen LogP contribution in [-0.2, 0) is 14.3 Å². The van der Waals surface area contributed by atoms with Crippen LogP contribution in [0.5, 0.6) is 23.0 Å². The number of nitrogens with zero attached hydrogens (tertiary/aromatic N) is 2. The Labute approximate surface area is 198 Å². The number of carbonyl (C=O) groups excluding carboxylic acids is 2. The number of morpholine rings is 1. The van der Waals surface area contributed by atoms with Gasteiger partial charge in [0.1, 0.15) is 23.1 Å². The molecule has 1 amide bonds. The van der Waals surface area contributed by atoms with Crippen molar-refractivity contribution < 1.29 is 33.3 Å². The van der Waals surface area contributed by atoms with Crippen LogP contribution >= 0.6 is 0 Å². The Morgan fingerprint density at radius 1 is 1.06 bits per heavy atom. The molecule has 3 rings (SSSR count). The average molecular weight is 466 g/mol. The van der Waals surface area contributed by atoms with Gasteiger partial charge in [-0.3, -0.25) is 4.79 Å². The molecule has 1 aliphatic rings. The third-order valence-corrected chi connectivity index (χ3v) is 4.86. The van der Waals surface area contributed by atoms with E-state index >= 15 is 0 Å². The summed E-state index contributed by atoms with van der Waals surface area (Å²) in [6, 6.07) is 13.6. The highest BCUT2D eigenvalue weighted by Gasteiger charge is 2.21. The van der Waals surface area contributed by atoms with Crippen molar-refractivity contribution in [1.82, 2.24) is 4.90 Å². The van der Waals surface area contributed by atoms with Crippen molar-refractivity contribution in [2.45, 2.75) is 6.92 Å². The third-order valence-electron chi connectivity index (χ3n) is 4.86. The molecular formula is C25H26N2O7. The molecule has 1 heterocycles. The van der Waals surface area contributed by atoms with E-state index in [1.807, 2.05) is 13.0 Å². The number of esters is 1. The normalized spacial score (nSPS) is 13.6. The summed E-state index contributed by atoms with van der Waals surface area (Å²) in [6.45, 7) is 3.92. The number of ether oxygens (including phenoxy) is 5. The van der Waals surface area contributed by atoms with Crippen LogP contribution in [-0.4, -0.2) is 63.4 Å². The summed E-state index contributed by atoms with van der Waals surface area (Å²) in [5.41, 5.74) is 0.554. The predicted molar refractivity (Wildman–Crippen MR) is 123 cm³/mol. The number of hydrogen-bond donors (Lipinski definition) is 0. The Kier molecular flexibility index (Phi) is 8.88. The first kappa shape index (κ1) is 24.6. The van der Waals surface area contributed by atoms with E-state index in [2.05, 4.69) is 0 Å². The zero-order valence-corrected chi connectivity index (χ0v) is 19.1. The molecule has 0 bridgehead atoms. The average Bonchev–Trinajstić information content (AvgIpc) is 2.88. The van der Waals surface area contributed by atoms with Crippen LogP contribution in [0.2, 0.25) is 0 Å². The molecule has 34 heavy (non-hydrogen) atoms. The number of carbonyl (C=O) groups is 2. The highest BCUT2D eigenvalue weighted by molar-refractivity contribution is 6.01. The van der Waals surface area contributed by atoms with E-state index in [9.17, 15) is 14.9 Å². The lowest BCUT2D eigenvalue weighted by molar-refractivity contribution is -0.136. The molecule has 1 saturated heterocycles. The molecule has 178 valence electrons. The minimum Gasteiger partial charge on any atom is -0.494 e. The van der Waals surface area contributed by atoms with Gasteiger partial charge in [-0.05, 0) is 55.0 Å². The summed E-state index contributed by atoms with van der Waals surface area (Å²) in [5, 5.41) is 9.46. The number of hydrogen-bond acceptors (Lipinski definition) is 8. The van der Waals surface area contributed by atoms with E-state index in [1.54, 1.807) is 41.3 Å². The second kappa shape index (κ2) is 12.3. The van der Waals surface area contributed by atoms with Gasteiger partial charge in [0.05, 0.1) is 26.9 Å². The van der Waals surface area contributed by atoms with Crippen LogP contribution < -0.4 is 18.9 Å². The van der Waals surface area contributed by atoms with Crippen LogP contribution in [0.4, 0.5) is 0 Å². The quantitative estimate of drug-likeness (QED) is 0.240. The van der Waals surface area contributed by atoms with E-state index in [-0.39, 0.29) is 29.6 Å². The molecule has 1 aliphatic heterocycles. The van der Waals surface area contributed by atoms with Gasteiger partial charge in [-0.25, -0.2) is 4.79 Å². The molecule has 9 heteroatoms. The van der Waals surface area contributed by atoms with Gasteiger partial charge in [-0.15, -0.1) is 0 Å². The van der Waals surface area contributed by atoms with Crippen molar-refractivity contribution in [3.05, 3.63) is 53.6 Å². The molecule has 0 radical (unpaired) electrons. The monoisotopic (exact) mass is 466 g/mol. The minimum atomic E-state index is -0.615. The van der Waals surface area contributed by atoms with E-state index in [0.717, 1.165) is 0 Å². The Balaban J connectivity index is 1.63. The third kappa shape index (κ3) is 6.73. The molecule has 0 spiro atoms. The van der Waals surface area contributed by atoms with Gasteiger partial charge < -0.3 is 28.6 Å². The van der Waals surface area contributed by atoms with Crippen molar-refractivity contribution in [3.8, 4) is 29.1 Å². The zero-order chi connectivity index (χ0) is 24.3. The molecule has 0 saturated carbocycles. The lowest BCUT2D eigenvalue weighted by Crippen LogP contribution is -2.41. The summed E-state index contributed by atoms with van der Waals surface area (Å²) in [4.78, 5) is 26.4. The van der Waals surface area contributed by atoms with Crippen molar-refractivity contribution >= 4 is 18.0 Å². The van der Waals surface area contributed by atoms with E-state index in [4.69, 9.17) is 23.7 Å². The van der Waals surface area contributed by atoms with Gasteiger partial charge in [0.2, 0.25) is 0 Å². The molecule has 0 atom stereocenters. The lowest BCUT2D eigenvalue weighted by atomic mass is 10.1. The summed E-state index contributed by atoms with van der Waals surface area (Å²) in [6.07, 6.45) is 1.47. The van der Waals surface area contributed by atoms with Crippen molar-refractivity contribution in [2.75, 3.05) is 46.6 Å². The second-order valence-corrected chi connectivity index (χ2v) is 7.15. The number of benzene rings is 2. The van der Waals surface area contributed by atoms with Crippen LogP contribution in [0, 0.1) is 11.3 Å². The van der Waals surface area contributed by atoms with Crippen LogP contribution in [0.15, 0.2) is 48.0 Å². The predicted octanol–water partition coefficient (Wildman–Crippen LogP) is 2.84. The molecule has 0 aliphatic carbocycles. The molecular weight excluding hydrogens is 440 g/mol. The van der Waals surface area contributed by atoms with Gasteiger partial charge >= 0.3 is 5.97 Å². The van der Waals surface area contributed by atoms with Crippen LogP contribution in [0.25, 0.3) is 6.08 Å². The number of amides is 1. The fourth-order valence-electron chi connectivity index (χ4n) is 3.20. The summed E-state index contributed by atoms with van der Waals surface area (Å²) in [5.74, 6) is 0.712. The van der Waals surface area contributed by atoms with E-state index in [1.165, 1.54) is 19.3 Å². The van der Waals surface area contributed by atoms with E-state index < -0.39 is 5.97 Å². The number of nitriles is 1. The van der Waals surface area contributed by atoms with Gasteiger partial charge in [0.15, 0.2) is 18.1 Å². The maximum Gasteiger partial charge on any atom is 0.349 e. The topological polar surface area (TPSA) is 107 Å². The van der Waals surface area contributed by atoms with Crippen LogP contribution in [0.1, 0.15) is 12.5 Å². The summed E-state index contributed by atoms with van der Waals surface area (Å²) < 4.78 is 26.7. The van der Waals surface area contributed by atoms with E-state index in [0.29, 0.717) is 50.0 Å². The standard InChI is InChI=1S/C25H26N2O7/c1-3-32-20-5-7-21(8-6-20)33-17-24(28)34-22-9-4-18(15-23(22)30-2)14-19(16-26)25(29)27-10-12-31-13-11-27/h4-9,14-15H,3,10-13,17H2,1-2H3/b19-14+. The fraction of sp³-hybridized carbons (Fsp3) is 0.320. The largest absolute Gasteiger partial charge is 0.494 e. The van der Waals surface area contributed by atoms with Gasteiger partial charge in [-0.2, -0.15) is 5.26 Å². The second-order valence-electron chi connectivity index (χ2n) is 7.15. The first-order valence-corrected chi connectivity index (χ1v) is 10.8. The highest BCUT2D eigenvalue weighted by atomic mass is 16.6. The fourth-order valence-corrected chi connectivity index (χ4v) is 3.20. The highest BCUT2D eigenvalue weighted by Crippen LogP contribution is 2.29. The van der Waals surface area contributed by atoms with Gasteiger partial charge in [0, 0.05) is 13.1 Å². The Bertz CT molecular complexity index is 1070. The molecule has 1 fully saturated rings. The lowest BCUT2D eigenvalue weighted by Gasteiger charge is -2.26. The maximum absolute atomic E-state index is 12.6. The van der Waals surface area contributed by atoms with Crippen LogP contribution in [0.3, 0.4) is 0 Å². The van der Waals surface area contributed by atoms with Crippen molar-refractivity contribution in [3.63, 3.8) is 0 Å². The van der Waals surface area contributed by atoms with Gasteiger partial charge in [0.25, 0.3) is 5.91 Å². The molecule has 0 unspecified atom stereocenters. The zero-order valence-electron chi connectivity index (χ0n) is 19.1. The molecule has 9 nitrogen and oxygen atoms in total. The summed E-state index contributed by atoms with van der Waals surface area (Å²) >= 11 is 0. The number of methoxy groups -OCH3 is 1. The molecule has 2 aromatic carbocycles. The van der Waals surface area contributed by atoms with Crippen molar-refractivity contribution in [2.24, 2.45) is 0 Å². The first-order valence-electron chi connectivity index (χ1n) is 10.8. The summed E-state index contributed by atoms with van der Waals surface area (Å²) in [7, 11) is 1.43. The number of rotatable bonds is 9. The minimum absolute atomic E-state index is 0.00236. The smallest absolute Gasteiger partial charge is 0.349 e. The Morgan fingerprint density at radius 3 is 2.35 bits per heavy atom. The SMILES string of the molecule is CCOc1ccc(OCC(=O)Oc2ccc(/C=C(\C#N)C(=O)N3CCOCC3)cc2OC)cc1.